The molecule has 4 aromatic rings. The molecular weight excluding hydrogens is 532 g/mol. The number of benzene rings is 2. The van der Waals surface area contributed by atoms with E-state index in [9.17, 15) is 9.59 Å². The highest BCUT2D eigenvalue weighted by Gasteiger charge is 2.15. The number of rotatable bonds is 8. The number of nitrogens with zero attached hydrogens (tertiary/aromatic N) is 3. The summed E-state index contributed by atoms with van der Waals surface area (Å²) in [5, 5.41) is 6.43. The first kappa shape index (κ1) is 24.6. The van der Waals surface area contributed by atoms with E-state index in [0.717, 1.165) is 16.7 Å². The molecule has 0 aliphatic carbocycles. The molecule has 0 bridgehead atoms. The smallest absolute Gasteiger partial charge is 0.263 e. The van der Waals surface area contributed by atoms with Gasteiger partial charge in [0.05, 0.1) is 36.1 Å². The molecule has 0 spiro atoms. The fraction of sp³-hybridized carbons (Fsp3) is 0.200. The normalized spacial score (nSPS) is 11.2. The van der Waals surface area contributed by atoms with Crippen LogP contribution >= 0.6 is 27.3 Å². The molecule has 10 heteroatoms. The van der Waals surface area contributed by atoms with Crippen LogP contribution in [0.15, 0.2) is 62.5 Å². The number of hydrogen-bond donors (Lipinski definition) is 1. The van der Waals surface area contributed by atoms with Gasteiger partial charge in [0, 0.05) is 10.9 Å². The van der Waals surface area contributed by atoms with E-state index in [1.54, 1.807) is 19.2 Å². The summed E-state index contributed by atoms with van der Waals surface area (Å²) in [4.78, 5) is 30.6. The van der Waals surface area contributed by atoms with Gasteiger partial charge in [-0.05, 0) is 53.0 Å². The highest BCUT2D eigenvalue weighted by atomic mass is 79.9. The Kier molecular flexibility index (Phi) is 7.62. The minimum Gasteiger partial charge on any atom is -0.493 e. The number of ether oxygens (including phenoxy) is 2. The lowest BCUT2D eigenvalue weighted by Gasteiger charge is -2.12. The summed E-state index contributed by atoms with van der Waals surface area (Å²) in [5.74, 6) is 0.686. The Hall–Kier alpha value is -3.50. The number of hydrogen-bond acceptors (Lipinski definition) is 7. The number of methoxy groups -OCH3 is 1. The number of thiophene rings is 1. The van der Waals surface area contributed by atoms with Crippen molar-refractivity contribution in [3.05, 3.63) is 74.1 Å². The van der Waals surface area contributed by atoms with Crippen LogP contribution in [0.3, 0.4) is 0 Å². The Labute approximate surface area is 214 Å². The highest BCUT2D eigenvalue weighted by molar-refractivity contribution is 9.10. The molecule has 2 aromatic carbocycles. The number of fused-ring (bicyclic) bond motifs is 1. The Morgan fingerprint density at radius 1 is 1.29 bits per heavy atom. The van der Waals surface area contributed by atoms with Crippen LogP contribution in [0.1, 0.15) is 18.1 Å². The molecule has 180 valence electrons. The zero-order chi connectivity index (χ0) is 24.9. The van der Waals surface area contributed by atoms with Gasteiger partial charge in [0.2, 0.25) is 0 Å². The topological polar surface area (TPSA) is 94.8 Å². The number of hydrazone groups is 1. The minimum absolute atomic E-state index is 0.210. The van der Waals surface area contributed by atoms with Crippen LogP contribution in [-0.4, -0.2) is 35.4 Å². The Balaban J connectivity index is 1.51. The second kappa shape index (κ2) is 10.8. The summed E-state index contributed by atoms with van der Waals surface area (Å²) in [6.45, 7) is 4.18. The second-order valence-electron chi connectivity index (χ2n) is 7.63. The molecule has 8 nitrogen and oxygen atoms in total. The number of aromatic nitrogens is 2. The molecule has 0 atom stereocenters. The quantitative estimate of drug-likeness (QED) is 0.250. The van der Waals surface area contributed by atoms with Gasteiger partial charge < -0.3 is 9.47 Å². The average molecular weight is 555 g/mol. The summed E-state index contributed by atoms with van der Waals surface area (Å²) in [5.41, 5.74) is 5.76. The zero-order valence-corrected chi connectivity index (χ0v) is 21.8. The second-order valence-corrected chi connectivity index (χ2v) is 9.35. The fourth-order valence-electron chi connectivity index (χ4n) is 3.49. The van der Waals surface area contributed by atoms with E-state index in [4.69, 9.17) is 9.47 Å². The Bertz CT molecular complexity index is 1460. The number of carbonyl (C=O) groups is 1. The molecule has 35 heavy (non-hydrogen) atoms. The van der Waals surface area contributed by atoms with E-state index >= 15 is 0 Å². The van der Waals surface area contributed by atoms with E-state index in [1.807, 2.05) is 43.5 Å². The predicted molar refractivity (Wildman–Crippen MR) is 142 cm³/mol. The van der Waals surface area contributed by atoms with Crippen LogP contribution in [0.2, 0.25) is 0 Å². The van der Waals surface area contributed by atoms with Gasteiger partial charge in [-0.3, -0.25) is 14.2 Å². The molecule has 0 fully saturated rings. The third-order valence-electron chi connectivity index (χ3n) is 5.18. The SMILES string of the molecule is CCOc1c(Br)cc(C=NNC(=O)Cn2cnc3scc(-c4ccc(C)cc4)c3c2=O)cc1OC. The van der Waals surface area contributed by atoms with Gasteiger partial charge in [0.1, 0.15) is 11.4 Å². The predicted octanol–water partition coefficient (Wildman–Crippen LogP) is 4.75. The standard InChI is InChI=1S/C25H23BrN4O4S/c1-4-34-23-19(26)9-16(10-20(23)33-3)11-28-29-21(31)12-30-14-27-24-22(25(30)32)18(13-35-24)17-7-5-15(2)6-8-17/h5-11,13-14H,4,12H2,1-3H3,(H,29,31). The molecule has 0 radical (unpaired) electrons. The molecule has 2 heterocycles. The van der Waals surface area contributed by atoms with E-state index in [-0.39, 0.29) is 12.1 Å². The van der Waals surface area contributed by atoms with Crippen LogP contribution in [0.4, 0.5) is 0 Å². The summed E-state index contributed by atoms with van der Waals surface area (Å²) in [6, 6.07) is 11.5. The van der Waals surface area contributed by atoms with Crippen molar-refractivity contribution in [2.45, 2.75) is 20.4 Å². The lowest BCUT2D eigenvalue weighted by molar-refractivity contribution is -0.121. The largest absolute Gasteiger partial charge is 0.493 e. The Morgan fingerprint density at radius 3 is 2.77 bits per heavy atom. The minimum atomic E-state index is -0.450. The molecule has 0 saturated carbocycles. The van der Waals surface area contributed by atoms with Crippen molar-refractivity contribution in [1.29, 1.82) is 0 Å². The summed E-state index contributed by atoms with van der Waals surface area (Å²) in [6.07, 6.45) is 2.87. The van der Waals surface area contributed by atoms with Crippen LogP contribution in [0.5, 0.6) is 11.5 Å². The van der Waals surface area contributed by atoms with E-state index in [2.05, 4.69) is 31.4 Å². The first-order chi connectivity index (χ1) is 16.9. The molecule has 1 N–H and O–H groups in total. The van der Waals surface area contributed by atoms with Crippen LogP contribution in [0, 0.1) is 6.92 Å². The van der Waals surface area contributed by atoms with Crippen molar-refractivity contribution < 1.29 is 14.3 Å². The maximum atomic E-state index is 13.2. The van der Waals surface area contributed by atoms with Gasteiger partial charge in [-0.1, -0.05) is 29.8 Å². The van der Waals surface area contributed by atoms with Crippen molar-refractivity contribution >= 4 is 49.6 Å². The molecule has 0 aliphatic heterocycles. The van der Waals surface area contributed by atoms with Crippen molar-refractivity contribution in [2.24, 2.45) is 5.10 Å². The van der Waals surface area contributed by atoms with Crippen molar-refractivity contribution in [1.82, 2.24) is 15.0 Å². The van der Waals surface area contributed by atoms with Crippen molar-refractivity contribution in [3.8, 4) is 22.6 Å². The number of carbonyl (C=O) groups excluding carboxylic acids is 1. The van der Waals surface area contributed by atoms with Crippen LogP contribution < -0.4 is 20.5 Å². The maximum absolute atomic E-state index is 13.2. The lowest BCUT2D eigenvalue weighted by Crippen LogP contribution is -2.30. The van der Waals surface area contributed by atoms with Gasteiger partial charge in [-0.25, -0.2) is 10.4 Å². The van der Waals surface area contributed by atoms with Crippen LogP contribution in [-0.2, 0) is 11.3 Å². The summed E-state index contributed by atoms with van der Waals surface area (Å²) in [7, 11) is 1.55. The molecule has 0 aliphatic rings. The Morgan fingerprint density at radius 2 is 2.06 bits per heavy atom. The number of nitrogens with one attached hydrogen (secondary N) is 1. The lowest BCUT2D eigenvalue weighted by atomic mass is 10.1. The molecule has 1 amide bonds. The highest BCUT2D eigenvalue weighted by Crippen LogP contribution is 2.36. The van der Waals surface area contributed by atoms with E-state index in [0.29, 0.717) is 38.4 Å². The van der Waals surface area contributed by atoms with Gasteiger partial charge in [-0.15, -0.1) is 11.3 Å². The van der Waals surface area contributed by atoms with Crippen molar-refractivity contribution in [3.63, 3.8) is 0 Å². The number of halogens is 1. The molecule has 0 saturated heterocycles. The third kappa shape index (κ3) is 5.44. The third-order valence-corrected chi connectivity index (χ3v) is 6.66. The molecular formula is C25H23BrN4O4S. The van der Waals surface area contributed by atoms with Gasteiger partial charge in [0.25, 0.3) is 11.5 Å². The number of aryl methyl sites for hydroxylation is 1. The van der Waals surface area contributed by atoms with E-state index < -0.39 is 5.91 Å². The first-order valence-corrected chi connectivity index (χ1v) is 12.4. The average Bonchev–Trinajstić information content (AvgIpc) is 3.28. The van der Waals surface area contributed by atoms with Gasteiger partial charge in [0.15, 0.2) is 11.5 Å². The van der Waals surface area contributed by atoms with Crippen molar-refractivity contribution in [2.75, 3.05) is 13.7 Å². The maximum Gasteiger partial charge on any atom is 0.263 e. The summed E-state index contributed by atoms with van der Waals surface area (Å²) >= 11 is 4.86. The molecule has 4 rings (SSSR count). The van der Waals surface area contributed by atoms with E-state index in [1.165, 1.54) is 28.4 Å². The first-order valence-electron chi connectivity index (χ1n) is 10.8. The van der Waals surface area contributed by atoms with Gasteiger partial charge >= 0.3 is 0 Å². The van der Waals surface area contributed by atoms with Crippen LogP contribution in [0.25, 0.3) is 21.3 Å². The molecule has 2 aromatic heterocycles. The monoisotopic (exact) mass is 554 g/mol. The van der Waals surface area contributed by atoms with Gasteiger partial charge in [-0.2, -0.15) is 5.10 Å². The molecule has 0 unspecified atom stereocenters. The summed E-state index contributed by atoms with van der Waals surface area (Å²) < 4.78 is 12.9. The number of amides is 1. The zero-order valence-electron chi connectivity index (χ0n) is 19.4. The fourth-order valence-corrected chi connectivity index (χ4v) is 4.97.